The minimum Gasteiger partial charge on any atom is -0.455 e. The van der Waals surface area contributed by atoms with Gasteiger partial charge in [-0.15, -0.1) is 5.10 Å². The molecule has 0 saturated carbocycles. The number of esters is 1. The lowest BCUT2D eigenvalue weighted by atomic mass is 10.2. The molecule has 2 aromatic heterocycles. The smallest absolute Gasteiger partial charge is 0.361 e. The third kappa shape index (κ3) is 3.18. The summed E-state index contributed by atoms with van der Waals surface area (Å²) in [5.41, 5.74) is 0.290. The lowest BCUT2D eigenvalue weighted by Crippen LogP contribution is -2.24. The van der Waals surface area contributed by atoms with E-state index in [1.54, 1.807) is 44.6 Å². The van der Waals surface area contributed by atoms with Crippen LogP contribution in [0.4, 0.5) is 0 Å². The van der Waals surface area contributed by atoms with Crippen LogP contribution in [0.15, 0.2) is 16.8 Å². The minimum absolute atomic E-state index is 0.217. The SMILES string of the molecule is Cc1c(C(=O)OC(C)(C)C)nnn1Cc1ccno1. The first-order valence-electron chi connectivity index (χ1n) is 5.90. The molecule has 0 aliphatic rings. The summed E-state index contributed by atoms with van der Waals surface area (Å²) in [5, 5.41) is 11.4. The lowest BCUT2D eigenvalue weighted by Gasteiger charge is -2.18. The Bertz CT molecular complexity index is 566. The van der Waals surface area contributed by atoms with Crippen molar-refractivity contribution in [3.05, 3.63) is 29.4 Å². The second-order valence-corrected chi connectivity index (χ2v) is 5.16. The molecule has 0 unspecified atom stereocenters. The van der Waals surface area contributed by atoms with Crippen LogP contribution >= 0.6 is 0 Å². The number of hydrogen-bond acceptors (Lipinski definition) is 6. The fourth-order valence-electron chi connectivity index (χ4n) is 1.50. The molecule has 0 spiro atoms. The van der Waals surface area contributed by atoms with E-state index in [1.165, 1.54) is 0 Å². The summed E-state index contributed by atoms with van der Waals surface area (Å²) < 4.78 is 11.8. The zero-order chi connectivity index (χ0) is 14.0. The molecule has 2 heterocycles. The summed E-state index contributed by atoms with van der Waals surface area (Å²) in [7, 11) is 0. The van der Waals surface area contributed by atoms with E-state index in [0.29, 0.717) is 18.0 Å². The van der Waals surface area contributed by atoms with Gasteiger partial charge in [-0.25, -0.2) is 9.48 Å². The third-order valence-corrected chi connectivity index (χ3v) is 2.37. The summed E-state index contributed by atoms with van der Waals surface area (Å²) in [6.07, 6.45) is 1.55. The Morgan fingerprint density at radius 1 is 1.47 bits per heavy atom. The van der Waals surface area contributed by atoms with Gasteiger partial charge in [0.25, 0.3) is 0 Å². The predicted octanol–water partition coefficient (Wildman–Crippen LogP) is 1.58. The Morgan fingerprint density at radius 2 is 2.21 bits per heavy atom. The topological polar surface area (TPSA) is 83.0 Å². The second kappa shape index (κ2) is 4.83. The highest BCUT2D eigenvalue weighted by Gasteiger charge is 2.23. The van der Waals surface area contributed by atoms with Crippen molar-refractivity contribution < 1.29 is 14.1 Å². The van der Waals surface area contributed by atoms with Crippen LogP contribution in [-0.4, -0.2) is 31.7 Å². The average Bonchev–Trinajstić information content (AvgIpc) is 2.88. The lowest BCUT2D eigenvalue weighted by molar-refractivity contribution is 0.00618. The first-order chi connectivity index (χ1) is 8.87. The van der Waals surface area contributed by atoms with Crippen LogP contribution in [0.2, 0.25) is 0 Å². The number of carbonyl (C=O) groups excluding carboxylic acids is 1. The third-order valence-electron chi connectivity index (χ3n) is 2.37. The molecule has 0 fully saturated rings. The van der Waals surface area contributed by atoms with Crippen LogP contribution in [-0.2, 0) is 11.3 Å². The van der Waals surface area contributed by atoms with Crippen molar-refractivity contribution >= 4 is 5.97 Å². The molecule has 0 amide bonds. The molecule has 7 heteroatoms. The van der Waals surface area contributed by atoms with Crippen molar-refractivity contribution in [1.82, 2.24) is 20.2 Å². The predicted molar refractivity (Wildman–Crippen MR) is 65.5 cm³/mol. The summed E-state index contributed by atoms with van der Waals surface area (Å²) in [4.78, 5) is 11.9. The molecule has 7 nitrogen and oxygen atoms in total. The molecule has 0 aliphatic heterocycles. The average molecular weight is 264 g/mol. The number of nitrogens with zero attached hydrogens (tertiary/aromatic N) is 4. The molecular formula is C12H16N4O3. The van der Waals surface area contributed by atoms with Crippen LogP contribution in [0.5, 0.6) is 0 Å². The van der Waals surface area contributed by atoms with Crippen molar-refractivity contribution in [3.63, 3.8) is 0 Å². The van der Waals surface area contributed by atoms with E-state index < -0.39 is 11.6 Å². The van der Waals surface area contributed by atoms with E-state index in [9.17, 15) is 4.79 Å². The Labute approximate surface area is 110 Å². The maximum Gasteiger partial charge on any atom is 0.361 e. The van der Waals surface area contributed by atoms with Gasteiger partial charge in [0, 0.05) is 6.07 Å². The van der Waals surface area contributed by atoms with Gasteiger partial charge < -0.3 is 9.26 Å². The van der Waals surface area contributed by atoms with Gasteiger partial charge in [-0.1, -0.05) is 10.4 Å². The van der Waals surface area contributed by atoms with Gasteiger partial charge in [0.15, 0.2) is 11.5 Å². The van der Waals surface area contributed by atoms with E-state index in [4.69, 9.17) is 9.26 Å². The Hall–Kier alpha value is -2.18. The van der Waals surface area contributed by atoms with Gasteiger partial charge >= 0.3 is 5.97 Å². The van der Waals surface area contributed by atoms with Crippen molar-refractivity contribution in [2.75, 3.05) is 0 Å². The van der Waals surface area contributed by atoms with Gasteiger partial charge in [-0.2, -0.15) is 0 Å². The van der Waals surface area contributed by atoms with Gasteiger partial charge in [0.1, 0.15) is 12.1 Å². The molecule has 2 aromatic rings. The van der Waals surface area contributed by atoms with Crippen LogP contribution in [0.3, 0.4) is 0 Å². The van der Waals surface area contributed by atoms with Gasteiger partial charge in [0.05, 0.1) is 11.9 Å². The standard InChI is InChI=1S/C12H16N4O3/c1-8-10(11(17)18-12(2,3)4)14-15-16(8)7-9-5-6-13-19-9/h5-6H,7H2,1-4H3. The minimum atomic E-state index is -0.557. The van der Waals surface area contributed by atoms with Crippen LogP contribution in [0, 0.1) is 6.92 Å². The first kappa shape index (κ1) is 13.3. The summed E-state index contributed by atoms with van der Waals surface area (Å²) >= 11 is 0. The molecule has 0 N–H and O–H groups in total. The van der Waals surface area contributed by atoms with E-state index >= 15 is 0 Å². The van der Waals surface area contributed by atoms with Gasteiger partial charge in [-0.05, 0) is 27.7 Å². The second-order valence-electron chi connectivity index (χ2n) is 5.16. The molecule has 2 rings (SSSR count). The quantitative estimate of drug-likeness (QED) is 0.783. The highest BCUT2D eigenvalue weighted by atomic mass is 16.6. The Morgan fingerprint density at radius 3 is 2.79 bits per heavy atom. The molecule has 0 atom stereocenters. The summed E-state index contributed by atoms with van der Waals surface area (Å²) in [6.45, 7) is 7.55. The number of rotatable bonds is 3. The van der Waals surface area contributed by atoms with Crippen molar-refractivity contribution in [1.29, 1.82) is 0 Å². The fraction of sp³-hybridized carbons (Fsp3) is 0.500. The Balaban J connectivity index is 2.16. The van der Waals surface area contributed by atoms with Crippen molar-refractivity contribution in [3.8, 4) is 0 Å². The number of hydrogen-bond donors (Lipinski definition) is 0. The number of carbonyl (C=O) groups is 1. The van der Waals surface area contributed by atoms with E-state index in [0.717, 1.165) is 0 Å². The van der Waals surface area contributed by atoms with Gasteiger partial charge in [0.2, 0.25) is 0 Å². The normalized spacial score (nSPS) is 11.6. The molecule has 0 saturated heterocycles. The molecule has 0 aromatic carbocycles. The monoisotopic (exact) mass is 264 g/mol. The highest BCUT2D eigenvalue weighted by Crippen LogP contribution is 2.13. The van der Waals surface area contributed by atoms with Gasteiger partial charge in [-0.3, -0.25) is 0 Å². The van der Waals surface area contributed by atoms with Crippen molar-refractivity contribution in [2.24, 2.45) is 0 Å². The van der Waals surface area contributed by atoms with Crippen LogP contribution < -0.4 is 0 Å². The fourth-order valence-corrected chi connectivity index (χ4v) is 1.50. The van der Waals surface area contributed by atoms with Crippen LogP contribution in [0.25, 0.3) is 0 Å². The molecule has 102 valence electrons. The molecule has 19 heavy (non-hydrogen) atoms. The maximum absolute atomic E-state index is 11.9. The zero-order valence-corrected chi connectivity index (χ0v) is 11.4. The number of ether oxygens (including phenoxy) is 1. The Kier molecular flexibility index (Phi) is 3.37. The molecular weight excluding hydrogens is 248 g/mol. The largest absolute Gasteiger partial charge is 0.455 e. The molecule has 0 aliphatic carbocycles. The number of aromatic nitrogens is 4. The van der Waals surface area contributed by atoms with Crippen molar-refractivity contribution in [2.45, 2.75) is 39.8 Å². The molecule has 0 radical (unpaired) electrons. The summed E-state index contributed by atoms with van der Waals surface area (Å²) in [6, 6.07) is 1.73. The first-order valence-corrected chi connectivity index (χ1v) is 5.90. The van der Waals surface area contributed by atoms with E-state index in [2.05, 4.69) is 15.5 Å². The van der Waals surface area contributed by atoms with Crippen LogP contribution in [0.1, 0.15) is 42.7 Å². The van der Waals surface area contributed by atoms with E-state index in [-0.39, 0.29) is 5.69 Å². The zero-order valence-electron chi connectivity index (χ0n) is 11.4. The highest BCUT2D eigenvalue weighted by molar-refractivity contribution is 5.88. The van der Waals surface area contributed by atoms with E-state index in [1.807, 2.05) is 0 Å². The molecule has 0 bridgehead atoms. The summed E-state index contributed by atoms with van der Waals surface area (Å²) in [5.74, 6) is 0.164. The maximum atomic E-state index is 11.9.